The Morgan fingerprint density at radius 3 is 2.94 bits per heavy atom. The molecule has 1 saturated heterocycles. The van der Waals surface area contributed by atoms with Crippen molar-refractivity contribution in [3.05, 3.63) is 51.1 Å². The van der Waals surface area contributed by atoms with Gasteiger partial charge in [0.25, 0.3) is 5.56 Å². The molecule has 0 aliphatic carbocycles. The van der Waals surface area contributed by atoms with Crippen molar-refractivity contribution in [2.45, 2.75) is 65.3 Å². The summed E-state index contributed by atoms with van der Waals surface area (Å²) in [5.41, 5.74) is 3.93. The van der Waals surface area contributed by atoms with Gasteiger partial charge in [-0.05, 0) is 44.2 Å². The molecule has 4 rings (SSSR count). The maximum absolute atomic E-state index is 12.7. The monoisotopic (exact) mass is 422 g/mol. The number of carbonyl (C=O) groups excluding carboxylic acids is 1. The van der Waals surface area contributed by atoms with Crippen molar-refractivity contribution in [3.63, 3.8) is 0 Å². The number of aryl methyl sites for hydroxylation is 2. The van der Waals surface area contributed by atoms with E-state index in [4.69, 9.17) is 4.98 Å². The van der Waals surface area contributed by atoms with Gasteiger partial charge in [-0.25, -0.2) is 9.67 Å². The van der Waals surface area contributed by atoms with E-state index in [1.165, 1.54) is 5.56 Å². The molecule has 0 spiro atoms. The molecule has 0 unspecified atom stereocenters. The molecule has 3 heterocycles. The van der Waals surface area contributed by atoms with E-state index in [2.05, 4.69) is 54.3 Å². The summed E-state index contributed by atoms with van der Waals surface area (Å²) in [6.07, 6.45) is 4.30. The molecule has 8 heteroatoms. The van der Waals surface area contributed by atoms with Gasteiger partial charge in [0.2, 0.25) is 5.91 Å². The van der Waals surface area contributed by atoms with Gasteiger partial charge in [-0.2, -0.15) is 0 Å². The number of amides is 1. The molecule has 8 nitrogen and oxygen atoms in total. The Hall–Kier alpha value is -3.03. The van der Waals surface area contributed by atoms with E-state index in [-0.39, 0.29) is 22.9 Å². The van der Waals surface area contributed by atoms with E-state index in [0.717, 1.165) is 43.4 Å². The molecule has 1 fully saturated rings. The van der Waals surface area contributed by atoms with Crippen LogP contribution < -0.4 is 5.56 Å². The summed E-state index contributed by atoms with van der Waals surface area (Å²) in [5, 5.41) is 8.28. The lowest BCUT2D eigenvalue weighted by atomic mass is 9.96. The van der Waals surface area contributed by atoms with E-state index in [1.54, 1.807) is 4.68 Å². The van der Waals surface area contributed by atoms with Crippen LogP contribution in [-0.4, -0.2) is 48.9 Å². The Kier molecular flexibility index (Phi) is 6.15. The lowest BCUT2D eigenvalue weighted by Gasteiger charge is -2.32. The van der Waals surface area contributed by atoms with Crippen LogP contribution in [0.3, 0.4) is 0 Å². The van der Waals surface area contributed by atoms with Crippen LogP contribution in [-0.2, 0) is 11.3 Å². The molecule has 1 N–H and O–H groups in total. The number of rotatable bonds is 6. The van der Waals surface area contributed by atoms with Gasteiger partial charge >= 0.3 is 0 Å². The largest absolute Gasteiger partial charge is 0.342 e. The Bertz CT molecular complexity index is 1150. The number of benzene rings is 1. The van der Waals surface area contributed by atoms with Crippen molar-refractivity contribution in [2.75, 3.05) is 13.1 Å². The molecule has 1 aliphatic rings. The second-order valence-corrected chi connectivity index (χ2v) is 8.58. The SMILES string of the molecule is CCCCC(=O)N1CCC[C@H](c2nc3c(nnn3Cc3cc(C)ccc3C)c(=O)[nH]2)C1. The Labute approximate surface area is 181 Å². The zero-order valence-corrected chi connectivity index (χ0v) is 18.5. The molecule has 2 aromatic heterocycles. The highest BCUT2D eigenvalue weighted by Gasteiger charge is 2.27. The molecular weight excluding hydrogens is 392 g/mol. The predicted octanol–water partition coefficient (Wildman–Crippen LogP) is 3.08. The maximum atomic E-state index is 12.7. The number of aromatic nitrogens is 5. The van der Waals surface area contributed by atoms with Crippen LogP contribution in [0, 0.1) is 13.8 Å². The Balaban J connectivity index is 1.62. The minimum absolute atomic E-state index is 0.0143. The van der Waals surface area contributed by atoms with Crippen LogP contribution >= 0.6 is 0 Å². The highest BCUT2D eigenvalue weighted by atomic mass is 16.2. The summed E-state index contributed by atoms with van der Waals surface area (Å²) < 4.78 is 1.70. The van der Waals surface area contributed by atoms with Crippen molar-refractivity contribution < 1.29 is 4.79 Å². The van der Waals surface area contributed by atoms with Crippen LogP contribution in [0.4, 0.5) is 0 Å². The average Bonchev–Trinajstić information content (AvgIpc) is 3.18. The lowest BCUT2D eigenvalue weighted by Crippen LogP contribution is -2.39. The summed E-state index contributed by atoms with van der Waals surface area (Å²) in [4.78, 5) is 34.8. The second kappa shape index (κ2) is 8.99. The molecule has 3 aromatic rings. The van der Waals surface area contributed by atoms with E-state index in [9.17, 15) is 9.59 Å². The van der Waals surface area contributed by atoms with Crippen molar-refractivity contribution in [3.8, 4) is 0 Å². The standard InChI is InChI=1S/C23H30N6O2/c1-4-5-8-19(30)28-11-6-7-17(13-28)21-24-22-20(23(31)25-21)26-27-29(22)14-18-12-15(2)9-10-16(18)3/h9-10,12,17H,4-8,11,13-14H2,1-3H3,(H,24,25,31)/t17-/m0/s1. The zero-order chi connectivity index (χ0) is 22.0. The van der Waals surface area contributed by atoms with Gasteiger partial charge in [0, 0.05) is 25.4 Å². The number of likely N-dealkylation sites (tertiary alicyclic amines) is 1. The highest BCUT2D eigenvalue weighted by Crippen LogP contribution is 2.25. The number of hydrogen-bond donors (Lipinski definition) is 1. The summed E-state index contributed by atoms with van der Waals surface area (Å²) in [6.45, 7) is 8.08. The molecule has 0 bridgehead atoms. The zero-order valence-electron chi connectivity index (χ0n) is 18.5. The van der Waals surface area contributed by atoms with Crippen molar-refractivity contribution in [2.24, 2.45) is 0 Å². The van der Waals surface area contributed by atoms with Crippen molar-refractivity contribution >= 4 is 17.1 Å². The van der Waals surface area contributed by atoms with Crippen LogP contribution in [0.15, 0.2) is 23.0 Å². The van der Waals surface area contributed by atoms with Gasteiger partial charge in [0.15, 0.2) is 11.2 Å². The van der Waals surface area contributed by atoms with Gasteiger partial charge in [-0.15, -0.1) is 5.10 Å². The third-order valence-electron chi connectivity index (χ3n) is 6.12. The molecule has 0 radical (unpaired) electrons. The quantitative estimate of drug-likeness (QED) is 0.658. The number of nitrogens with one attached hydrogen (secondary N) is 1. The highest BCUT2D eigenvalue weighted by molar-refractivity contribution is 5.76. The van der Waals surface area contributed by atoms with E-state index < -0.39 is 0 Å². The van der Waals surface area contributed by atoms with E-state index >= 15 is 0 Å². The number of aromatic amines is 1. The van der Waals surface area contributed by atoms with Crippen LogP contribution in [0.2, 0.25) is 0 Å². The number of hydrogen-bond acceptors (Lipinski definition) is 5. The molecule has 1 atom stereocenters. The number of fused-ring (bicyclic) bond motifs is 1. The number of nitrogens with zero attached hydrogens (tertiary/aromatic N) is 5. The molecule has 0 saturated carbocycles. The fourth-order valence-corrected chi connectivity index (χ4v) is 4.23. The third-order valence-corrected chi connectivity index (χ3v) is 6.12. The molecule has 1 aliphatic heterocycles. The van der Waals surface area contributed by atoms with Crippen LogP contribution in [0.25, 0.3) is 11.2 Å². The van der Waals surface area contributed by atoms with E-state index in [1.807, 2.05) is 4.90 Å². The van der Waals surface area contributed by atoms with Gasteiger partial charge < -0.3 is 9.88 Å². The first-order valence-corrected chi connectivity index (χ1v) is 11.1. The number of H-pyrrole nitrogens is 1. The van der Waals surface area contributed by atoms with Crippen molar-refractivity contribution in [1.82, 2.24) is 29.9 Å². The normalized spacial score (nSPS) is 16.7. The fraction of sp³-hybridized carbons (Fsp3) is 0.522. The summed E-state index contributed by atoms with van der Waals surface area (Å²) in [6, 6.07) is 6.29. The fourth-order valence-electron chi connectivity index (χ4n) is 4.23. The third kappa shape index (κ3) is 4.52. The maximum Gasteiger partial charge on any atom is 0.281 e. The summed E-state index contributed by atoms with van der Waals surface area (Å²) in [7, 11) is 0. The number of unbranched alkanes of at least 4 members (excludes halogenated alkanes) is 1. The van der Waals surface area contributed by atoms with Gasteiger partial charge in [-0.3, -0.25) is 9.59 Å². The van der Waals surface area contributed by atoms with Gasteiger partial charge in [0.1, 0.15) is 5.82 Å². The second-order valence-electron chi connectivity index (χ2n) is 8.58. The van der Waals surface area contributed by atoms with Crippen LogP contribution in [0.5, 0.6) is 0 Å². The minimum atomic E-state index is -0.276. The first kappa shape index (κ1) is 21.2. The molecular formula is C23H30N6O2. The van der Waals surface area contributed by atoms with Crippen molar-refractivity contribution in [1.29, 1.82) is 0 Å². The Morgan fingerprint density at radius 2 is 2.13 bits per heavy atom. The molecule has 1 amide bonds. The first-order valence-electron chi connectivity index (χ1n) is 11.1. The van der Waals surface area contributed by atoms with E-state index in [0.29, 0.717) is 31.0 Å². The smallest absolute Gasteiger partial charge is 0.281 e. The molecule has 1 aromatic carbocycles. The summed E-state index contributed by atoms with van der Waals surface area (Å²) in [5.74, 6) is 0.826. The lowest BCUT2D eigenvalue weighted by molar-refractivity contribution is -0.132. The summed E-state index contributed by atoms with van der Waals surface area (Å²) >= 11 is 0. The van der Waals surface area contributed by atoms with Crippen LogP contribution in [0.1, 0.15) is 67.5 Å². The topological polar surface area (TPSA) is 96.8 Å². The first-order chi connectivity index (χ1) is 15.0. The number of carbonyl (C=O) groups is 1. The average molecular weight is 423 g/mol. The van der Waals surface area contributed by atoms with Gasteiger partial charge in [0.05, 0.1) is 6.54 Å². The predicted molar refractivity (Wildman–Crippen MR) is 119 cm³/mol. The molecule has 31 heavy (non-hydrogen) atoms. The number of piperidine rings is 1. The van der Waals surface area contributed by atoms with Gasteiger partial charge in [-0.1, -0.05) is 42.3 Å². The molecule has 164 valence electrons. The Morgan fingerprint density at radius 1 is 1.29 bits per heavy atom. The minimum Gasteiger partial charge on any atom is -0.342 e.